The Balaban J connectivity index is 1.65. The molecule has 1 saturated heterocycles. The molecule has 1 heterocycles. The Hall–Kier alpha value is -2.41. The summed E-state index contributed by atoms with van der Waals surface area (Å²) in [6.45, 7) is 12.5. The summed E-state index contributed by atoms with van der Waals surface area (Å²) in [5.41, 5.74) is 7.19. The third kappa shape index (κ3) is 6.11. The van der Waals surface area contributed by atoms with Gasteiger partial charge in [-0.15, -0.1) is 0 Å². The van der Waals surface area contributed by atoms with E-state index in [2.05, 4.69) is 50.2 Å². The van der Waals surface area contributed by atoms with Crippen molar-refractivity contribution in [3.8, 4) is 0 Å². The number of nitrogens with two attached hydrogens (primary N) is 1. The van der Waals surface area contributed by atoms with Gasteiger partial charge >= 0.3 is 12.2 Å². The molecule has 3 saturated carbocycles. The van der Waals surface area contributed by atoms with Crippen LogP contribution in [0.4, 0.5) is 0 Å². The van der Waals surface area contributed by atoms with Crippen LogP contribution >= 0.6 is 0 Å². The lowest BCUT2D eigenvalue weighted by Gasteiger charge is -2.64. The topological polar surface area (TPSA) is 167 Å². The van der Waals surface area contributed by atoms with Crippen molar-refractivity contribution in [3.63, 3.8) is 0 Å². The molecule has 1 aliphatic heterocycles. The number of hydrazine groups is 1. The maximum absolute atomic E-state index is 13.3. The van der Waals surface area contributed by atoms with E-state index < -0.39 is 18.2 Å². The van der Waals surface area contributed by atoms with Crippen LogP contribution < -0.4 is 21.8 Å². The second-order valence-electron chi connectivity index (χ2n) is 11.6. The molecule has 202 valence electrons. The minimum atomic E-state index is -0.776. The van der Waals surface area contributed by atoms with Gasteiger partial charge in [0.1, 0.15) is 10.9 Å². The molecule has 4 fully saturated rings. The maximum Gasteiger partial charge on any atom is 0.481 e. The molecule has 4 aliphatic rings. The Bertz CT molecular complexity index is 885. The summed E-state index contributed by atoms with van der Waals surface area (Å²) in [6, 6.07) is -0.776. The van der Waals surface area contributed by atoms with Crippen molar-refractivity contribution in [2.75, 3.05) is 6.54 Å². The average Bonchev–Trinajstić information content (AvgIpc) is 3.11. The first-order chi connectivity index (χ1) is 16.7. The number of hydrogen-bond donors (Lipinski definition) is 5. The van der Waals surface area contributed by atoms with E-state index in [0.29, 0.717) is 37.0 Å². The molecule has 0 aromatic rings. The summed E-state index contributed by atoms with van der Waals surface area (Å²) in [5.74, 6) is 0.0903. The lowest BCUT2D eigenvalue weighted by atomic mass is 9.43. The summed E-state index contributed by atoms with van der Waals surface area (Å²) in [4.78, 5) is 39.5. The zero-order valence-electron chi connectivity index (χ0n) is 22.2. The summed E-state index contributed by atoms with van der Waals surface area (Å²) in [7, 11) is -0.552. The molecular formula is C23H42BN6O6+. The summed E-state index contributed by atoms with van der Waals surface area (Å²) in [5, 5.41) is 13.8. The number of aliphatic imine (C=N–C) groups is 1. The van der Waals surface area contributed by atoms with Crippen LogP contribution in [0, 0.1) is 28.1 Å². The highest BCUT2D eigenvalue weighted by atomic mass is 16.7. The molecule has 36 heavy (non-hydrogen) atoms. The third-order valence-corrected chi connectivity index (χ3v) is 8.19. The van der Waals surface area contributed by atoms with E-state index in [4.69, 9.17) is 20.2 Å². The first-order valence-corrected chi connectivity index (χ1v) is 12.9. The van der Waals surface area contributed by atoms with Gasteiger partial charge < -0.3 is 25.7 Å². The van der Waals surface area contributed by atoms with Crippen molar-refractivity contribution >= 4 is 24.9 Å². The number of rotatable bonds is 11. The highest BCUT2D eigenvalue weighted by molar-refractivity contribution is 6.47. The highest BCUT2D eigenvalue weighted by Gasteiger charge is 2.68. The van der Waals surface area contributed by atoms with Gasteiger partial charge in [-0.3, -0.25) is 9.59 Å². The van der Waals surface area contributed by atoms with E-state index in [0.717, 1.165) is 12.8 Å². The number of nitrogens with one attached hydrogen (secondary N) is 3. The number of hydrogen-bond acceptors (Lipinski definition) is 6. The molecule has 6 N–H and O–H groups in total. The minimum Gasteiger partial charge on any atom is -0.404 e. The van der Waals surface area contributed by atoms with Gasteiger partial charge in [0.2, 0.25) is 11.8 Å². The molecule has 0 aromatic carbocycles. The van der Waals surface area contributed by atoms with E-state index in [1.807, 2.05) is 5.43 Å². The molecule has 0 unspecified atom stereocenters. The SMILES string of the molecule is CC(=O)N[C@@H](CCCN=C(N)N[N+](=O)O)C(=O)N[C@@H](CC(C)C)B1O[C@@H]2C[C@@H]3C[C@@H](C3(C)C)[C@]2(C)O1. The maximum atomic E-state index is 13.3. The third-order valence-electron chi connectivity index (χ3n) is 8.19. The molecule has 2 bridgehead atoms. The Kier molecular flexibility index (Phi) is 8.54. The molecule has 3 aliphatic carbocycles. The van der Waals surface area contributed by atoms with Gasteiger partial charge in [0.15, 0.2) is 0 Å². The molecule has 2 amide bonds. The number of nitrogens with zero attached hydrogens (tertiary/aromatic N) is 2. The van der Waals surface area contributed by atoms with Crippen molar-refractivity contribution in [1.29, 1.82) is 0 Å². The fraction of sp³-hybridized carbons (Fsp3) is 0.870. The number of carbonyl (C=O) groups is 2. The molecule has 0 spiro atoms. The van der Waals surface area contributed by atoms with Crippen molar-refractivity contribution in [1.82, 2.24) is 16.1 Å². The van der Waals surface area contributed by atoms with Crippen LogP contribution in [-0.4, -0.2) is 65.4 Å². The van der Waals surface area contributed by atoms with E-state index in [1.165, 1.54) is 6.92 Å². The molecule has 0 radical (unpaired) electrons. The predicted molar refractivity (Wildman–Crippen MR) is 133 cm³/mol. The quantitative estimate of drug-likeness (QED) is 0.0906. The van der Waals surface area contributed by atoms with Crippen LogP contribution in [0.3, 0.4) is 0 Å². The average molecular weight is 509 g/mol. The van der Waals surface area contributed by atoms with Crippen LogP contribution in [0.2, 0.25) is 0 Å². The van der Waals surface area contributed by atoms with Crippen LogP contribution in [0.25, 0.3) is 0 Å². The number of guanidine groups is 1. The number of amides is 2. The molecule has 12 nitrogen and oxygen atoms in total. The second-order valence-corrected chi connectivity index (χ2v) is 11.6. The van der Waals surface area contributed by atoms with Gasteiger partial charge in [0, 0.05) is 13.5 Å². The summed E-state index contributed by atoms with van der Waals surface area (Å²) in [6.07, 6.45) is 3.51. The van der Waals surface area contributed by atoms with Gasteiger partial charge in [-0.2, -0.15) is 0 Å². The van der Waals surface area contributed by atoms with Gasteiger partial charge in [0.05, 0.1) is 17.6 Å². The predicted octanol–water partition coefficient (Wildman–Crippen LogP) is 1.06. The molecular weight excluding hydrogens is 467 g/mol. The first kappa shape index (κ1) is 28.2. The highest BCUT2D eigenvalue weighted by Crippen LogP contribution is 2.65. The fourth-order valence-corrected chi connectivity index (χ4v) is 6.24. The normalized spacial score (nSPS) is 30.1. The number of carbonyl (C=O) groups excluding carboxylic acids is 2. The first-order valence-electron chi connectivity index (χ1n) is 12.9. The van der Waals surface area contributed by atoms with Crippen LogP contribution in [-0.2, 0) is 18.9 Å². The lowest BCUT2D eigenvalue weighted by molar-refractivity contribution is -0.822. The summed E-state index contributed by atoms with van der Waals surface area (Å²) < 4.78 is 13.0. The van der Waals surface area contributed by atoms with Crippen LogP contribution in [0.5, 0.6) is 0 Å². The van der Waals surface area contributed by atoms with Crippen LogP contribution in [0.15, 0.2) is 4.99 Å². The van der Waals surface area contributed by atoms with Gasteiger partial charge in [-0.05, 0) is 67.6 Å². The minimum absolute atomic E-state index is 0.0119. The van der Waals surface area contributed by atoms with Gasteiger partial charge in [-0.1, -0.05) is 27.7 Å². The molecule has 6 atom stereocenters. The smallest absolute Gasteiger partial charge is 0.404 e. The van der Waals surface area contributed by atoms with E-state index >= 15 is 0 Å². The Morgan fingerprint density at radius 1 is 1.25 bits per heavy atom. The Morgan fingerprint density at radius 3 is 2.53 bits per heavy atom. The van der Waals surface area contributed by atoms with Gasteiger partial charge in [-0.25, -0.2) is 10.2 Å². The molecule has 4 rings (SSSR count). The fourth-order valence-electron chi connectivity index (χ4n) is 6.24. The summed E-state index contributed by atoms with van der Waals surface area (Å²) >= 11 is 0. The van der Waals surface area contributed by atoms with Crippen molar-refractivity contribution < 1.29 is 29.1 Å². The van der Waals surface area contributed by atoms with E-state index in [9.17, 15) is 14.5 Å². The largest absolute Gasteiger partial charge is 0.481 e. The van der Waals surface area contributed by atoms with Crippen molar-refractivity contribution in [2.45, 2.75) is 97.3 Å². The second kappa shape index (κ2) is 10.9. The zero-order chi connectivity index (χ0) is 26.8. The van der Waals surface area contributed by atoms with Crippen LogP contribution in [0.1, 0.15) is 73.6 Å². The van der Waals surface area contributed by atoms with E-state index in [1.54, 1.807) is 0 Å². The molecule has 13 heteroatoms. The van der Waals surface area contributed by atoms with Crippen molar-refractivity contribution in [2.24, 2.45) is 33.9 Å². The molecule has 0 aromatic heterocycles. The van der Waals surface area contributed by atoms with E-state index in [-0.39, 0.29) is 47.4 Å². The standard InChI is InChI=1S/C23H41BN6O6/c1-13(2)10-19(24-35-18-12-15-11-17(22(15,4)5)23(18,6)36-24)28-20(32)16(27-14(3)31)8-7-9-26-21(25)29-30(33)34/h13,15-19H,7-12H2,1-6H3,(H5-,25,26,27,28,29,31,32,33,34)/p+1/t15-,16-,17-,18+,19-,23-/m0/s1. The Labute approximate surface area is 213 Å². The Morgan fingerprint density at radius 2 is 1.94 bits per heavy atom. The monoisotopic (exact) mass is 509 g/mol. The van der Waals surface area contributed by atoms with Crippen molar-refractivity contribution in [3.05, 3.63) is 4.91 Å². The zero-order valence-corrected chi connectivity index (χ0v) is 22.2. The van der Waals surface area contributed by atoms with Gasteiger partial charge in [0.25, 0.3) is 5.96 Å². The lowest BCUT2D eigenvalue weighted by Crippen LogP contribution is -2.65.